The van der Waals surface area contributed by atoms with Gasteiger partial charge >= 0.3 is 0 Å². The van der Waals surface area contributed by atoms with Crippen LogP contribution in [0, 0.1) is 11.8 Å². The van der Waals surface area contributed by atoms with E-state index in [1.165, 1.54) is 24.3 Å². The zero-order valence-electron chi connectivity index (χ0n) is 12.4. The van der Waals surface area contributed by atoms with Gasteiger partial charge in [0.05, 0.1) is 11.5 Å². The molecule has 0 aromatic carbocycles. The zero-order chi connectivity index (χ0) is 14.4. The first-order chi connectivity index (χ1) is 9.69. The molecule has 1 aliphatic heterocycles. The molecule has 110 valence electrons. The van der Waals surface area contributed by atoms with Crippen molar-refractivity contribution in [3.8, 4) is 11.8 Å². The summed E-state index contributed by atoms with van der Waals surface area (Å²) in [6.07, 6.45) is 3.18. The number of aliphatic hydroxyl groups excluding tert-OH is 1. The van der Waals surface area contributed by atoms with E-state index in [4.69, 9.17) is 5.11 Å². The fraction of sp³-hybridized carbons (Fsp3) is 0.625. The smallest absolute Gasteiger partial charge is 0.0771 e. The lowest BCUT2D eigenvalue weighted by Crippen LogP contribution is -2.36. The molecular weight excluding hydrogens is 268 g/mol. The van der Waals surface area contributed by atoms with Crippen LogP contribution in [0.5, 0.6) is 0 Å². The molecule has 0 saturated carbocycles. The van der Waals surface area contributed by atoms with Crippen molar-refractivity contribution in [3.63, 3.8) is 0 Å². The van der Waals surface area contributed by atoms with E-state index in [9.17, 15) is 0 Å². The largest absolute Gasteiger partial charge is 0.395 e. The first-order valence-corrected chi connectivity index (χ1v) is 8.08. The first kappa shape index (κ1) is 15.5. The number of nitrogens with zero attached hydrogens (tertiary/aromatic N) is 2. The van der Waals surface area contributed by atoms with E-state index in [0.717, 1.165) is 18.0 Å². The molecule has 1 saturated heterocycles. The molecule has 1 N–H and O–H groups in total. The van der Waals surface area contributed by atoms with Crippen molar-refractivity contribution in [2.24, 2.45) is 0 Å². The Hall–Kier alpha value is -0.860. The van der Waals surface area contributed by atoms with Gasteiger partial charge < -0.3 is 10.0 Å². The van der Waals surface area contributed by atoms with Crippen LogP contribution >= 0.6 is 11.3 Å². The van der Waals surface area contributed by atoms with Crippen molar-refractivity contribution in [1.82, 2.24) is 9.80 Å². The third kappa shape index (κ3) is 4.60. The van der Waals surface area contributed by atoms with E-state index >= 15 is 0 Å². The SMILES string of the molecule is CN(C)CC1CCCN1Cc1ccc(C#CCCO)s1. The summed E-state index contributed by atoms with van der Waals surface area (Å²) in [7, 11) is 4.30. The second kappa shape index (κ2) is 7.80. The predicted octanol–water partition coefficient (Wildman–Crippen LogP) is 2.01. The fourth-order valence-electron chi connectivity index (χ4n) is 2.67. The molecule has 1 fully saturated rings. The number of hydrogen-bond donors (Lipinski definition) is 1. The summed E-state index contributed by atoms with van der Waals surface area (Å²) in [5, 5.41) is 8.73. The van der Waals surface area contributed by atoms with E-state index in [1.807, 2.05) is 0 Å². The summed E-state index contributed by atoms with van der Waals surface area (Å²) >= 11 is 1.78. The van der Waals surface area contributed by atoms with Crippen LogP contribution in [-0.2, 0) is 6.54 Å². The number of likely N-dealkylation sites (tertiary alicyclic amines) is 1. The third-order valence-electron chi connectivity index (χ3n) is 3.54. The van der Waals surface area contributed by atoms with E-state index in [0.29, 0.717) is 12.5 Å². The maximum atomic E-state index is 8.73. The maximum Gasteiger partial charge on any atom is 0.0771 e. The van der Waals surface area contributed by atoms with Crippen LogP contribution in [0.15, 0.2) is 12.1 Å². The lowest BCUT2D eigenvalue weighted by atomic mass is 10.2. The summed E-state index contributed by atoms with van der Waals surface area (Å²) in [5.74, 6) is 6.10. The Morgan fingerprint density at radius 2 is 2.30 bits per heavy atom. The average molecular weight is 292 g/mol. The maximum absolute atomic E-state index is 8.73. The van der Waals surface area contributed by atoms with Crippen LogP contribution in [0.2, 0.25) is 0 Å². The van der Waals surface area contributed by atoms with Crippen LogP contribution < -0.4 is 0 Å². The van der Waals surface area contributed by atoms with Crippen molar-refractivity contribution < 1.29 is 5.11 Å². The predicted molar refractivity (Wildman–Crippen MR) is 84.9 cm³/mol. The van der Waals surface area contributed by atoms with Gasteiger partial charge in [0, 0.05) is 30.4 Å². The highest BCUT2D eigenvalue weighted by Gasteiger charge is 2.25. The molecule has 0 amide bonds. The number of aliphatic hydroxyl groups is 1. The van der Waals surface area contributed by atoms with Crippen molar-refractivity contribution in [2.75, 3.05) is 33.8 Å². The summed E-state index contributed by atoms with van der Waals surface area (Å²) in [5.41, 5.74) is 0. The van der Waals surface area contributed by atoms with Crippen LogP contribution in [0.1, 0.15) is 29.0 Å². The van der Waals surface area contributed by atoms with Gasteiger partial charge in [0.25, 0.3) is 0 Å². The molecule has 0 aliphatic carbocycles. The average Bonchev–Trinajstić information content (AvgIpc) is 3.00. The van der Waals surface area contributed by atoms with Crippen LogP contribution in [0.3, 0.4) is 0 Å². The van der Waals surface area contributed by atoms with E-state index < -0.39 is 0 Å². The molecule has 1 aromatic heterocycles. The Morgan fingerprint density at radius 3 is 3.05 bits per heavy atom. The molecular formula is C16H24N2OS. The van der Waals surface area contributed by atoms with Gasteiger partial charge in [-0.2, -0.15) is 0 Å². The molecule has 0 spiro atoms. The van der Waals surface area contributed by atoms with Crippen molar-refractivity contribution >= 4 is 11.3 Å². The van der Waals surface area contributed by atoms with Gasteiger partial charge in [-0.15, -0.1) is 11.3 Å². The standard InChI is InChI=1S/C16H24N2OS/c1-17(2)12-14-6-5-10-18(14)13-16-9-8-15(20-16)7-3-4-11-19/h8-9,14,19H,4-6,10-13H2,1-2H3. The highest BCUT2D eigenvalue weighted by Crippen LogP contribution is 2.24. The Balaban J connectivity index is 1.91. The highest BCUT2D eigenvalue weighted by molar-refractivity contribution is 7.12. The van der Waals surface area contributed by atoms with Gasteiger partial charge in [-0.25, -0.2) is 0 Å². The lowest BCUT2D eigenvalue weighted by molar-refractivity contribution is 0.202. The van der Waals surface area contributed by atoms with Crippen LogP contribution in [0.4, 0.5) is 0 Å². The molecule has 1 aliphatic rings. The van der Waals surface area contributed by atoms with Gasteiger partial charge in [0.1, 0.15) is 0 Å². The second-order valence-corrected chi connectivity index (χ2v) is 6.74. The van der Waals surface area contributed by atoms with Crippen molar-refractivity contribution in [2.45, 2.75) is 31.8 Å². The number of likely N-dealkylation sites (N-methyl/N-ethyl adjacent to an activating group) is 1. The molecule has 1 atom stereocenters. The minimum Gasteiger partial charge on any atom is -0.395 e. The molecule has 3 nitrogen and oxygen atoms in total. The third-order valence-corrected chi connectivity index (χ3v) is 4.53. The number of hydrogen-bond acceptors (Lipinski definition) is 4. The normalized spacial score (nSPS) is 19.3. The molecule has 0 bridgehead atoms. The van der Waals surface area contributed by atoms with E-state index in [2.05, 4.69) is 47.9 Å². The molecule has 20 heavy (non-hydrogen) atoms. The molecule has 1 unspecified atom stereocenters. The van der Waals surface area contributed by atoms with Gasteiger partial charge in [0.15, 0.2) is 0 Å². The van der Waals surface area contributed by atoms with Crippen LogP contribution in [0.25, 0.3) is 0 Å². The summed E-state index contributed by atoms with van der Waals surface area (Å²) in [6.45, 7) is 3.55. The van der Waals surface area contributed by atoms with Gasteiger partial charge in [-0.3, -0.25) is 4.90 Å². The van der Waals surface area contributed by atoms with Crippen molar-refractivity contribution in [3.05, 3.63) is 21.9 Å². The molecule has 2 heterocycles. The Labute approximate surface area is 126 Å². The lowest BCUT2D eigenvalue weighted by Gasteiger charge is -2.26. The van der Waals surface area contributed by atoms with Gasteiger partial charge in [-0.1, -0.05) is 11.8 Å². The molecule has 1 aromatic rings. The second-order valence-electron chi connectivity index (χ2n) is 5.57. The summed E-state index contributed by atoms with van der Waals surface area (Å²) in [4.78, 5) is 7.38. The fourth-order valence-corrected chi connectivity index (χ4v) is 3.58. The van der Waals surface area contributed by atoms with Gasteiger partial charge in [0.2, 0.25) is 0 Å². The van der Waals surface area contributed by atoms with Crippen LogP contribution in [-0.4, -0.2) is 54.7 Å². The Bertz CT molecular complexity index is 472. The summed E-state index contributed by atoms with van der Waals surface area (Å²) in [6, 6.07) is 4.98. The Kier molecular flexibility index (Phi) is 6.06. The first-order valence-electron chi connectivity index (χ1n) is 7.26. The highest BCUT2D eigenvalue weighted by atomic mass is 32.1. The zero-order valence-corrected chi connectivity index (χ0v) is 13.2. The van der Waals surface area contributed by atoms with E-state index in [-0.39, 0.29) is 6.61 Å². The number of thiophene rings is 1. The summed E-state index contributed by atoms with van der Waals surface area (Å²) < 4.78 is 0. The van der Waals surface area contributed by atoms with Crippen molar-refractivity contribution in [1.29, 1.82) is 0 Å². The Morgan fingerprint density at radius 1 is 1.45 bits per heavy atom. The molecule has 2 rings (SSSR count). The quantitative estimate of drug-likeness (QED) is 0.841. The van der Waals surface area contributed by atoms with E-state index in [1.54, 1.807) is 11.3 Å². The molecule has 0 radical (unpaired) electrons. The minimum absolute atomic E-state index is 0.144. The topological polar surface area (TPSA) is 26.7 Å². The monoisotopic (exact) mass is 292 g/mol. The number of rotatable bonds is 5. The van der Waals surface area contributed by atoms with Gasteiger partial charge in [-0.05, 0) is 45.6 Å². The molecule has 4 heteroatoms. The minimum atomic E-state index is 0.144.